The zero-order valence-corrected chi connectivity index (χ0v) is 10.7. The van der Waals surface area contributed by atoms with Crippen LogP contribution in [0.25, 0.3) is 20.9 Å². The summed E-state index contributed by atoms with van der Waals surface area (Å²) in [6, 6.07) is 1.43. The first-order valence-electron chi connectivity index (χ1n) is 5.29. The van der Waals surface area contributed by atoms with Crippen LogP contribution in [-0.2, 0) is 13.2 Å². The number of nitrogens with one attached hydrogen (secondary N) is 1. The van der Waals surface area contributed by atoms with Crippen LogP contribution in [0.15, 0.2) is 6.07 Å². The minimum Gasteiger partial charge on any atom is -0.263 e. The first-order valence-corrected chi connectivity index (χ1v) is 6.11. The van der Waals surface area contributed by atoms with Gasteiger partial charge in [-0.1, -0.05) is 0 Å². The van der Waals surface area contributed by atoms with E-state index in [1.165, 1.54) is 29.1 Å². The number of thiophene rings is 1. The summed E-state index contributed by atoms with van der Waals surface area (Å²) in [6.45, 7) is 1.73. The third-order valence-corrected chi connectivity index (χ3v) is 3.80. The summed E-state index contributed by atoms with van der Waals surface area (Å²) in [5.74, 6) is 1.01. The lowest BCUT2D eigenvalue weighted by atomic mass is 10.3. The second-order valence-electron chi connectivity index (χ2n) is 4.04. The van der Waals surface area contributed by atoms with Crippen molar-refractivity contribution in [1.29, 1.82) is 0 Å². The van der Waals surface area contributed by atoms with Crippen LogP contribution in [0.5, 0.6) is 0 Å². The standard InChI is InChI=1S/C10H8F3N5S/c1-4-14-8(16-15-4)6-3-5-7(10(11,12)13)17-18(2)9(5)19-6/h3H,1-2H3,(H,14,15,16). The van der Waals surface area contributed by atoms with E-state index < -0.39 is 11.9 Å². The van der Waals surface area contributed by atoms with Gasteiger partial charge in [-0.25, -0.2) is 4.98 Å². The molecule has 0 atom stereocenters. The second kappa shape index (κ2) is 3.80. The molecule has 0 bridgehead atoms. The molecule has 0 fully saturated rings. The van der Waals surface area contributed by atoms with Gasteiger partial charge in [-0.15, -0.1) is 11.3 Å². The van der Waals surface area contributed by atoms with Gasteiger partial charge in [-0.2, -0.15) is 23.4 Å². The average molecular weight is 287 g/mol. The average Bonchev–Trinajstić information content (AvgIpc) is 2.94. The number of aromatic amines is 1. The Hall–Kier alpha value is -1.90. The highest BCUT2D eigenvalue weighted by Gasteiger charge is 2.37. The molecule has 0 unspecified atom stereocenters. The van der Waals surface area contributed by atoms with E-state index in [0.717, 1.165) is 0 Å². The Kier molecular flexibility index (Phi) is 2.43. The van der Waals surface area contributed by atoms with Crippen molar-refractivity contribution in [2.24, 2.45) is 7.05 Å². The van der Waals surface area contributed by atoms with Crippen LogP contribution in [0.3, 0.4) is 0 Å². The molecular formula is C10H8F3N5S. The maximum Gasteiger partial charge on any atom is 0.435 e. The fourth-order valence-corrected chi connectivity index (χ4v) is 2.82. The Morgan fingerprint density at radius 2 is 2.11 bits per heavy atom. The van der Waals surface area contributed by atoms with Crippen LogP contribution in [0.2, 0.25) is 0 Å². The monoisotopic (exact) mass is 287 g/mol. The van der Waals surface area contributed by atoms with Crippen molar-refractivity contribution >= 4 is 21.6 Å². The fourth-order valence-electron chi connectivity index (χ4n) is 1.81. The maximum absolute atomic E-state index is 12.8. The van der Waals surface area contributed by atoms with E-state index in [1.807, 2.05) is 0 Å². The molecule has 0 aromatic carbocycles. The van der Waals surface area contributed by atoms with Crippen molar-refractivity contribution in [2.75, 3.05) is 0 Å². The largest absolute Gasteiger partial charge is 0.435 e. The summed E-state index contributed by atoms with van der Waals surface area (Å²) >= 11 is 1.18. The fraction of sp³-hybridized carbons (Fsp3) is 0.300. The van der Waals surface area contributed by atoms with Gasteiger partial charge < -0.3 is 0 Å². The van der Waals surface area contributed by atoms with E-state index in [0.29, 0.717) is 21.4 Å². The van der Waals surface area contributed by atoms with Crippen molar-refractivity contribution in [3.63, 3.8) is 0 Å². The summed E-state index contributed by atoms with van der Waals surface area (Å²) in [7, 11) is 1.49. The molecule has 9 heteroatoms. The topological polar surface area (TPSA) is 59.4 Å². The second-order valence-corrected chi connectivity index (χ2v) is 5.07. The molecule has 0 saturated heterocycles. The predicted octanol–water partition coefficient (Wildman–Crippen LogP) is 2.75. The number of halogens is 3. The maximum atomic E-state index is 12.8. The molecule has 3 aromatic heterocycles. The first-order chi connectivity index (χ1) is 8.86. The number of fused-ring (bicyclic) bond motifs is 1. The molecule has 100 valence electrons. The van der Waals surface area contributed by atoms with Gasteiger partial charge in [0.1, 0.15) is 10.7 Å². The molecule has 0 aliphatic rings. The van der Waals surface area contributed by atoms with Gasteiger partial charge in [0.15, 0.2) is 11.5 Å². The Bertz CT molecular complexity index is 751. The minimum absolute atomic E-state index is 0.0810. The lowest BCUT2D eigenvalue weighted by Gasteiger charge is -2.00. The van der Waals surface area contributed by atoms with Gasteiger partial charge in [-0.3, -0.25) is 9.78 Å². The molecule has 3 rings (SSSR count). The van der Waals surface area contributed by atoms with Gasteiger partial charge in [0.2, 0.25) is 0 Å². The van der Waals surface area contributed by atoms with E-state index in [-0.39, 0.29) is 5.39 Å². The highest BCUT2D eigenvalue weighted by molar-refractivity contribution is 7.21. The quantitative estimate of drug-likeness (QED) is 0.748. The smallest absolute Gasteiger partial charge is 0.263 e. The van der Waals surface area contributed by atoms with Gasteiger partial charge in [0.05, 0.1) is 4.88 Å². The third-order valence-electron chi connectivity index (χ3n) is 2.60. The summed E-state index contributed by atoms with van der Waals surface area (Å²) in [5, 5.41) is 10.2. The van der Waals surface area contributed by atoms with Crippen LogP contribution < -0.4 is 0 Å². The highest BCUT2D eigenvalue weighted by Crippen LogP contribution is 2.39. The number of hydrogen-bond donors (Lipinski definition) is 1. The molecule has 5 nitrogen and oxygen atoms in total. The van der Waals surface area contributed by atoms with Crippen molar-refractivity contribution in [3.05, 3.63) is 17.6 Å². The Morgan fingerprint density at radius 3 is 2.68 bits per heavy atom. The SMILES string of the molecule is Cc1nc(-c2cc3c(C(F)(F)F)nn(C)c3s2)n[nH]1. The molecule has 0 amide bonds. The lowest BCUT2D eigenvalue weighted by Crippen LogP contribution is -2.07. The summed E-state index contributed by atoms with van der Waals surface area (Å²) in [5.41, 5.74) is -0.875. The minimum atomic E-state index is -4.47. The molecular weight excluding hydrogens is 279 g/mol. The van der Waals surface area contributed by atoms with Crippen molar-refractivity contribution in [2.45, 2.75) is 13.1 Å². The Morgan fingerprint density at radius 1 is 1.37 bits per heavy atom. The van der Waals surface area contributed by atoms with Crippen molar-refractivity contribution < 1.29 is 13.2 Å². The molecule has 0 aliphatic carbocycles. The molecule has 19 heavy (non-hydrogen) atoms. The number of rotatable bonds is 1. The Balaban J connectivity index is 2.21. The number of nitrogens with zero attached hydrogens (tertiary/aromatic N) is 4. The normalized spacial score (nSPS) is 12.5. The van der Waals surface area contributed by atoms with Crippen LogP contribution >= 0.6 is 11.3 Å². The van der Waals surface area contributed by atoms with Crippen molar-refractivity contribution in [3.8, 4) is 10.7 Å². The van der Waals surface area contributed by atoms with Gasteiger partial charge in [0.25, 0.3) is 0 Å². The Labute approximate surface area is 109 Å². The summed E-state index contributed by atoms with van der Waals surface area (Å²) < 4.78 is 39.7. The number of H-pyrrole nitrogens is 1. The zero-order valence-electron chi connectivity index (χ0n) is 9.91. The number of aryl methyl sites for hydroxylation is 2. The summed E-state index contributed by atoms with van der Waals surface area (Å²) in [6.07, 6.45) is -4.47. The van der Waals surface area contributed by atoms with E-state index in [9.17, 15) is 13.2 Å². The number of hydrogen-bond acceptors (Lipinski definition) is 4. The first kappa shape index (κ1) is 12.2. The number of alkyl halides is 3. The molecule has 3 heterocycles. The van der Waals surface area contributed by atoms with E-state index >= 15 is 0 Å². The van der Waals surface area contributed by atoms with E-state index in [2.05, 4.69) is 20.3 Å². The molecule has 1 N–H and O–H groups in total. The highest BCUT2D eigenvalue weighted by atomic mass is 32.1. The van der Waals surface area contributed by atoms with E-state index in [4.69, 9.17) is 0 Å². The lowest BCUT2D eigenvalue weighted by molar-refractivity contribution is -0.140. The van der Waals surface area contributed by atoms with Crippen molar-refractivity contribution in [1.82, 2.24) is 25.0 Å². The van der Waals surface area contributed by atoms with Crippen LogP contribution in [-0.4, -0.2) is 25.0 Å². The van der Waals surface area contributed by atoms with Gasteiger partial charge in [0, 0.05) is 12.4 Å². The molecule has 0 radical (unpaired) electrons. The molecule has 3 aromatic rings. The van der Waals surface area contributed by atoms with Gasteiger partial charge in [-0.05, 0) is 13.0 Å². The molecule has 0 aliphatic heterocycles. The summed E-state index contributed by atoms with van der Waals surface area (Å²) in [4.78, 5) is 5.14. The third kappa shape index (κ3) is 1.89. The zero-order chi connectivity index (χ0) is 13.8. The van der Waals surface area contributed by atoms with E-state index in [1.54, 1.807) is 6.92 Å². The molecule has 0 spiro atoms. The van der Waals surface area contributed by atoms with Crippen LogP contribution in [0.1, 0.15) is 11.5 Å². The van der Waals surface area contributed by atoms with Gasteiger partial charge >= 0.3 is 6.18 Å². The molecule has 0 saturated carbocycles. The van der Waals surface area contributed by atoms with Crippen LogP contribution in [0.4, 0.5) is 13.2 Å². The number of aromatic nitrogens is 5. The van der Waals surface area contributed by atoms with Crippen LogP contribution in [0, 0.1) is 6.92 Å². The predicted molar refractivity (Wildman–Crippen MR) is 63.7 cm³/mol.